The molecule has 1 aliphatic heterocycles. The van der Waals surface area contributed by atoms with Crippen molar-refractivity contribution in [2.75, 3.05) is 25.0 Å². The number of nitrogens with one attached hydrogen (secondary N) is 2. The van der Waals surface area contributed by atoms with E-state index in [0.717, 1.165) is 29.9 Å². The molecule has 1 amide bonds. The molecule has 2 atom stereocenters. The van der Waals surface area contributed by atoms with Crippen LogP contribution >= 0.6 is 24.0 Å². The Hall–Kier alpha value is -0.810. The van der Waals surface area contributed by atoms with Gasteiger partial charge in [0.2, 0.25) is 5.91 Å². The fourth-order valence-corrected chi connectivity index (χ4v) is 3.39. The lowest BCUT2D eigenvalue weighted by Crippen LogP contribution is -2.55. The number of hydrogen-bond acceptors (Lipinski definition) is 3. The highest BCUT2D eigenvalue weighted by Gasteiger charge is 2.22. The van der Waals surface area contributed by atoms with Crippen LogP contribution in [0.3, 0.4) is 0 Å². The monoisotopic (exact) mass is 345 g/mol. The summed E-state index contributed by atoms with van der Waals surface area (Å²) in [7, 11) is 0. The van der Waals surface area contributed by atoms with Gasteiger partial charge in [0.25, 0.3) is 0 Å². The lowest BCUT2D eigenvalue weighted by Gasteiger charge is -2.35. The van der Waals surface area contributed by atoms with Crippen LogP contribution in [-0.2, 0) is 4.79 Å². The van der Waals surface area contributed by atoms with Crippen molar-refractivity contribution < 1.29 is 4.79 Å². The Labute approximate surface area is 144 Å². The Bertz CT molecular complexity index is 503. The van der Waals surface area contributed by atoms with Crippen molar-refractivity contribution in [3.8, 4) is 0 Å². The molecule has 1 saturated heterocycles. The standard InChI is InChI=1S/C16H24ClN3O.ClH/c1-10-5-11(2)16(14(17)6-10)19-15(21)9-20-7-12(3)18-13(4)8-20;/h5-6,12-13,18H,7-9H2,1-4H3,(H,19,21);1H. The second kappa shape index (κ2) is 8.16. The summed E-state index contributed by atoms with van der Waals surface area (Å²) in [5.74, 6) is -0.00912. The van der Waals surface area contributed by atoms with Crippen molar-refractivity contribution in [2.24, 2.45) is 0 Å². The number of benzene rings is 1. The molecule has 1 heterocycles. The number of nitrogens with zero attached hydrogens (tertiary/aromatic N) is 1. The predicted molar refractivity (Wildman–Crippen MR) is 95.3 cm³/mol. The number of carbonyl (C=O) groups excluding carboxylic acids is 1. The molecular formula is C16H25Cl2N3O. The summed E-state index contributed by atoms with van der Waals surface area (Å²) in [4.78, 5) is 14.4. The summed E-state index contributed by atoms with van der Waals surface area (Å²) in [6.45, 7) is 10.4. The van der Waals surface area contributed by atoms with Crippen LogP contribution in [-0.4, -0.2) is 42.5 Å². The molecule has 0 radical (unpaired) electrons. The van der Waals surface area contributed by atoms with E-state index in [0.29, 0.717) is 23.7 Å². The topological polar surface area (TPSA) is 44.4 Å². The molecule has 2 N–H and O–H groups in total. The maximum absolute atomic E-state index is 12.3. The van der Waals surface area contributed by atoms with Crippen molar-refractivity contribution in [2.45, 2.75) is 39.8 Å². The van der Waals surface area contributed by atoms with Crippen molar-refractivity contribution in [1.82, 2.24) is 10.2 Å². The van der Waals surface area contributed by atoms with E-state index >= 15 is 0 Å². The summed E-state index contributed by atoms with van der Waals surface area (Å²) >= 11 is 6.23. The van der Waals surface area contributed by atoms with Gasteiger partial charge in [0.1, 0.15) is 0 Å². The van der Waals surface area contributed by atoms with Crippen molar-refractivity contribution >= 4 is 35.6 Å². The molecule has 6 heteroatoms. The minimum absolute atomic E-state index is 0. The molecule has 1 fully saturated rings. The molecule has 2 unspecified atom stereocenters. The zero-order valence-electron chi connectivity index (χ0n) is 13.6. The van der Waals surface area contributed by atoms with Gasteiger partial charge in [-0.15, -0.1) is 12.4 Å². The minimum Gasteiger partial charge on any atom is -0.323 e. The molecule has 1 aliphatic rings. The maximum atomic E-state index is 12.3. The Morgan fingerprint density at radius 2 is 1.91 bits per heavy atom. The van der Waals surface area contributed by atoms with Gasteiger partial charge in [-0.2, -0.15) is 0 Å². The molecule has 0 bridgehead atoms. The average Bonchev–Trinajstić information content (AvgIpc) is 2.32. The van der Waals surface area contributed by atoms with Crippen LogP contribution in [0.5, 0.6) is 0 Å². The first-order valence-corrected chi connectivity index (χ1v) is 7.78. The number of aryl methyl sites for hydroxylation is 2. The fraction of sp³-hybridized carbons (Fsp3) is 0.562. The van der Waals surface area contributed by atoms with Gasteiger partial charge in [-0.25, -0.2) is 0 Å². The Morgan fingerprint density at radius 1 is 1.32 bits per heavy atom. The van der Waals surface area contributed by atoms with Crippen molar-refractivity contribution in [1.29, 1.82) is 0 Å². The van der Waals surface area contributed by atoms with E-state index in [1.165, 1.54) is 0 Å². The summed E-state index contributed by atoms with van der Waals surface area (Å²) in [5.41, 5.74) is 2.82. The van der Waals surface area contributed by atoms with E-state index in [1.807, 2.05) is 26.0 Å². The summed E-state index contributed by atoms with van der Waals surface area (Å²) in [6, 6.07) is 4.72. The van der Waals surface area contributed by atoms with Crippen LogP contribution in [0.1, 0.15) is 25.0 Å². The Kier molecular flexibility index (Phi) is 7.13. The van der Waals surface area contributed by atoms with E-state index < -0.39 is 0 Å². The molecule has 0 spiro atoms. The van der Waals surface area contributed by atoms with E-state index in [-0.39, 0.29) is 18.3 Å². The van der Waals surface area contributed by atoms with Crippen LogP contribution in [0.25, 0.3) is 0 Å². The van der Waals surface area contributed by atoms with Gasteiger partial charge < -0.3 is 10.6 Å². The van der Waals surface area contributed by atoms with Crippen molar-refractivity contribution in [3.05, 3.63) is 28.3 Å². The average molecular weight is 346 g/mol. The van der Waals surface area contributed by atoms with Crippen molar-refractivity contribution in [3.63, 3.8) is 0 Å². The number of carbonyl (C=O) groups is 1. The highest BCUT2D eigenvalue weighted by Crippen LogP contribution is 2.27. The number of halogens is 2. The van der Waals surface area contributed by atoms with Crippen LogP contribution in [0, 0.1) is 13.8 Å². The third-order valence-corrected chi connectivity index (χ3v) is 3.99. The van der Waals surface area contributed by atoms with Gasteiger partial charge in [-0.3, -0.25) is 9.69 Å². The van der Waals surface area contributed by atoms with Crippen LogP contribution in [0.15, 0.2) is 12.1 Å². The maximum Gasteiger partial charge on any atom is 0.238 e. The lowest BCUT2D eigenvalue weighted by molar-refractivity contribution is -0.117. The first-order valence-electron chi connectivity index (χ1n) is 7.40. The molecule has 2 rings (SSSR count). The van der Waals surface area contributed by atoms with Crippen LogP contribution < -0.4 is 10.6 Å². The van der Waals surface area contributed by atoms with Gasteiger partial charge >= 0.3 is 0 Å². The predicted octanol–water partition coefficient (Wildman–Crippen LogP) is 3.00. The summed E-state index contributed by atoms with van der Waals surface area (Å²) in [6.07, 6.45) is 0. The van der Waals surface area contributed by atoms with Gasteiger partial charge in [0.05, 0.1) is 17.3 Å². The van der Waals surface area contributed by atoms with E-state index in [9.17, 15) is 4.79 Å². The smallest absolute Gasteiger partial charge is 0.238 e. The van der Waals surface area contributed by atoms with E-state index in [4.69, 9.17) is 11.6 Å². The molecule has 22 heavy (non-hydrogen) atoms. The number of rotatable bonds is 3. The number of anilines is 1. The largest absolute Gasteiger partial charge is 0.323 e. The normalized spacial score (nSPS) is 22.0. The van der Waals surface area contributed by atoms with Crippen LogP contribution in [0.4, 0.5) is 5.69 Å². The highest BCUT2D eigenvalue weighted by molar-refractivity contribution is 6.34. The SMILES string of the molecule is Cc1cc(C)c(NC(=O)CN2CC(C)NC(C)C2)c(Cl)c1.Cl. The molecule has 1 aromatic carbocycles. The Morgan fingerprint density at radius 3 is 2.45 bits per heavy atom. The molecule has 4 nitrogen and oxygen atoms in total. The number of piperazine rings is 1. The lowest BCUT2D eigenvalue weighted by atomic mass is 10.1. The first-order chi connectivity index (χ1) is 9.85. The van der Waals surface area contributed by atoms with E-state index in [2.05, 4.69) is 29.4 Å². The quantitative estimate of drug-likeness (QED) is 0.884. The van der Waals surface area contributed by atoms with E-state index in [1.54, 1.807) is 0 Å². The molecule has 124 valence electrons. The van der Waals surface area contributed by atoms with Crippen LogP contribution in [0.2, 0.25) is 5.02 Å². The number of hydrogen-bond donors (Lipinski definition) is 2. The van der Waals surface area contributed by atoms with Gasteiger partial charge in [-0.05, 0) is 44.9 Å². The molecule has 0 saturated carbocycles. The first kappa shape index (κ1) is 19.2. The Balaban J connectivity index is 0.00000242. The highest BCUT2D eigenvalue weighted by atomic mass is 35.5. The summed E-state index contributed by atoms with van der Waals surface area (Å²) in [5, 5.41) is 7.01. The third kappa shape index (κ3) is 5.13. The molecular weight excluding hydrogens is 321 g/mol. The van der Waals surface area contributed by atoms with Gasteiger partial charge in [0.15, 0.2) is 0 Å². The zero-order valence-corrected chi connectivity index (χ0v) is 15.1. The molecule has 1 aromatic rings. The fourth-order valence-electron chi connectivity index (χ4n) is 3.03. The second-order valence-electron chi connectivity index (χ2n) is 6.15. The zero-order chi connectivity index (χ0) is 15.6. The van der Waals surface area contributed by atoms with Gasteiger partial charge in [-0.1, -0.05) is 17.7 Å². The molecule has 0 aromatic heterocycles. The molecule has 0 aliphatic carbocycles. The van der Waals surface area contributed by atoms with Gasteiger partial charge in [0, 0.05) is 25.2 Å². The number of amides is 1. The second-order valence-corrected chi connectivity index (χ2v) is 6.56. The third-order valence-electron chi connectivity index (χ3n) is 3.70. The minimum atomic E-state index is -0.00912. The summed E-state index contributed by atoms with van der Waals surface area (Å²) < 4.78 is 0.